The molecule has 2 aliphatic heterocycles. The van der Waals surface area contributed by atoms with Crippen LogP contribution in [-0.2, 0) is 26.8 Å². The van der Waals surface area contributed by atoms with Crippen molar-refractivity contribution in [1.82, 2.24) is 14.7 Å². The first kappa shape index (κ1) is 19.8. The van der Waals surface area contributed by atoms with E-state index in [4.69, 9.17) is 4.74 Å². The van der Waals surface area contributed by atoms with Gasteiger partial charge >= 0.3 is 21.7 Å². The van der Waals surface area contributed by atoms with Crippen LogP contribution in [0.25, 0.3) is 0 Å². The van der Waals surface area contributed by atoms with Gasteiger partial charge in [-0.3, -0.25) is 4.68 Å². The van der Waals surface area contributed by atoms with E-state index in [1.807, 2.05) is 0 Å². The number of halogens is 3. The number of amides is 1. The molecule has 0 unspecified atom stereocenters. The molecule has 12 heteroatoms. The second-order valence-corrected chi connectivity index (χ2v) is 9.29. The summed E-state index contributed by atoms with van der Waals surface area (Å²) in [4.78, 5) is 13.8. The Bertz CT molecular complexity index is 859. The molecule has 0 N–H and O–H groups in total. The highest BCUT2D eigenvalue weighted by Gasteiger charge is 2.51. The van der Waals surface area contributed by atoms with E-state index in [0.717, 1.165) is 0 Å². The zero-order valence-electron chi connectivity index (χ0n) is 15.0. The van der Waals surface area contributed by atoms with Crippen LogP contribution in [0.2, 0.25) is 0 Å². The Morgan fingerprint density at radius 2 is 1.85 bits per heavy atom. The van der Waals surface area contributed by atoms with Crippen molar-refractivity contribution in [2.45, 2.75) is 56.7 Å². The molecular formula is C15H20F3N3O5S. The Hall–Kier alpha value is -1.98. The maximum absolute atomic E-state index is 12.5. The van der Waals surface area contributed by atoms with Gasteiger partial charge in [0.15, 0.2) is 0 Å². The zero-order chi connectivity index (χ0) is 20.3. The standard InChI is InChI=1S/C15H20F3N3O5S/c1-13(2,3)25-12(22)20-6-4-14(9-20)5-7-21-10(14)8-11(19-21)26-27(23,24)15(16,17)18/h8H,4-7,9H2,1-3H3/t14-/m0/s1. The molecule has 0 bridgehead atoms. The summed E-state index contributed by atoms with van der Waals surface area (Å²) in [5, 5.41) is 3.82. The van der Waals surface area contributed by atoms with Gasteiger partial charge in [-0.15, -0.1) is 5.10 Å². The molecule has 3 heterocycles. The zero-order valence-corrected chi connectivity index (χ0v) is 15.9. The van der Waals surface area contributed by atoms with Crippen molar-refractivity contribution in [1.29, 1.82) is 0 Å². The topological polar surface area (TPSA) is 90.7 Å². The smallest absolute Gasteiger partial charge is 0.444 e. The predicted molar refractivity (Wildman–Crippen MR) is 86.5 cm³/mol. The van der Waals surface area contributed by atoms with E-state index < -0.39 is 38.6 Å². The molecule has 8 nitrogen and oxygen atoms in total. The summed E-state index contributed by atoms with van der Waals surface area (Å²) in [5.74, 6) is -0.628. The van der Waals surface area contributed by atoms with Crippen molar-refractivity contribution in [2.24, 2.45) is 0 Å². The van der Waals surface area contributed by atoms with E-state index in [-0.39, 0.29) is 0 Å². The second-order valence-electron chi connectivity index (χ2n) is 7.76. The van der Waals surface area contributed by atoms with Gasteiger partial charge in [-0.05, 0) is 33.6 Å². The first-order valence-electron chi connectivity index (χ1n) is 8.30. The molecule has 1 aromatic heterocycles. The fourth-order valence-electron chi connectivity index (χ4n) is 3.41. The minimum Gasteiger partial charge on any atom is -0.444 e. The number of aromatic nitrogens is 2. The number of hydrogen-bond donors (Lipinski definition) is 0. The summed E-state index contributed by atoms with van der Waals surface area (Å²) in [6, 6.07) is 1.20. The van der Waals surface area contributed by atoms with Gasteiger partial charge in [0.25, 0.3) is 5.88 Å². The van der Waals surface area contributed by atoms with Crippen molar-refractivity contribution >= 4 is 16.2 Å². The van der Waals surface area contributed by atoms with Crippen LogP contribution in [0.4, 0.5) is 18.0 Å². The summed E-state index contributed by atoms with van der Waals surface area (Å²) in [6.07, 6.45) is 0.748. The third kappa shape index (κ3) is 3.71. The van der Waals surface area contributed by atoms with Gasteiger partial charge in [0.05, 0.1) is 5.69 Å². The van der Waals surface area contributed by atoms with Crippen LogP contribution in [0, 0.1) is 0 Å². The largest absolute Gasteiger partial charge is 0.534 e. The molecule has 1 fully saturated rings. The summed E-state index contributed by atoms with van der Waals surface area (Å²) < 4.78 is 70.7. The number of hydrogen-bond acceptors (Lipinski definition) is 6. The van der Waals surface area contributed by atoms with Crippen molar-refractivity contribution in [3.8, 4) is 5.88 Å². The Labute approximate surface area is 154 Å². The number of fused-ring (bicyclic) bond motifs is 2. The molecule has 2 aliphatic rings. The van der Waals surface area contributed by atoms with Crippen LogP contribution >= 0.6 is 0 Å². The molecule has 0 aliphatic carbocycles. The second kappa shape index (κ2) is 6.01. The average molecular weight is 411 g/mol. The molecule has 1 amide bonds. The van der Waals surface area contributed by atoms with Crippen LogP contribution in [0.3, 0.4) is 0 Å². The van der Waals surface area contributed by atoms with Crippen LogP contribution in [0.1, 0.15) is 39.3 Å². The maximum atomic E-state index is 12.5. The van der Waals surface area contributed by atoms with Crippen LogP contribution in [0.15, 0.2) is 6.07 Å². The fraction of sp³-hybridized carbons (Fsp3) is 0.733. The molecular weight excluding hydrogens is 391 g/mol. The molecule has 27 heavy (non-hydrogen) atoms. The third-order valence-corrected chi connectivity index (χ3v) is 5.54. The van der Waals surface area contributed by atoms with Gasteiger partial charge in [-0.25, -0.2) is 4.79 Å². The van der Waals surface area contributed by atoms with Gasteiger partial charge in [0, 0.05) is 31.1 Å². The monoisotopic (exact) mass is 411 g/mol. The van der Waals surface area contributed by atoms with E-state index in [9.17, 15) is 26.4 Å². The number of nitrogens with zero attached hydrogens (tertiary/aromatic N) is 3. The van der Waals surface area contributed by atoms with Gasteiger partial charge in [0.2, 0.25) is 0 Å². The number of aryl methyl sites for hydroxylation is 1. The van der Waals surface area contributed by atoms with Gasteiger partial charge < -0.3 is 13.8 Å². The number of likely N-dealkylation sites (tertiary alicyclic amines) is 1. The molecule has 152 valence electrons. The lowest BCUT2D eigenvalue weighted by Gasteiger charge is -2.26. The van der Waals surface area contributed by atoms with Crippen molar-refractivity contribution in [2.75, 3.05) is 13.1 Å². The number of carbonyl (C=O) groups is 1. The lowest BCUT2D eigenvalue weighted by Crippen LogP contribution is -2.37. The minimum absolute atomic E-state index is 0.319. The van der Waals surface area contributed by atoms with Gasteiger partial charge in [0.1, 0.15) is 5.60 Å². The molecule has 1 spiro atoms. The summed E-state index contributed by atoms with van der Waals surface area (Å²) in [7, 11) is -5.78. The van der Waals surface area contributed by atoms with Crippen LogP contribution in [0.5, 0.6) is 5.88 Å². The molecule has 0 aromatic carbocycles. The Morgan fingerprint density at radius 1 is 1.22 bits per heavy atom. The lowest BCUT2D eigenvalue weighted by molar-refractivity contribution is -0.0501. The number of rotatable bonds is 2. The van der Waals surface area contributed by atoms with Crippen LogP contribution in [-0.4, -0.2) is 53.4 Å². The summed E-state index contributed by atoms with van der Waals surface area (Å²) >= 11 is 0. The first-order chi connectivity index (χ1) is 12.2. The van der Waals surface area contributed by atoms with Crippen molar-refractivity contribution in [3.63, 3.8) is 0 Å². The molecule has 1 aromatic rings. The van der Waals surface area contributed by atoms with Crippen molar-refractivity contribution < 1.29 is 35.3 Å². The molecule has 1 atom stereocenters. The van der Waals surface area contributed by atoms with Gasteiger partial charge in [-0.1, -0.05) is 0 Å². The van der Waals surface area contributed by atoms with E-state index in [1.165, 1.54) is 10.7 Å². The van der Waals surface area contributed by atoms with E-state index in [0.29, 0.717) is 38.2 Å². The molecule has 0 radical (unpaired) electrons. The summed E-state index contributed by atoms with van der Waals surface area (Å²) in [6.45, 7) is 6.41. The molecule has 1 saturated heterocycles. The Kier molecular flexibility index (Phi) is 4.40. The first-order valence-corrected chi connectivity index (χ1v) is 9.70. The maximum Gasteiger partial charge on any atom is 0.534 e. The lowest BCUT2D eigenvalue weighted by atomic mass is 9.83. The van der Waals surface area contributed by atoms with E-state index >= 15 is 0 Å². The fourth-order valence-corrected chi connectivity index (χ4v) is 3.81. The minimum atomic E-state index is -5.78. The van der Waals surface area contributed by atoms with E-state index in [1.54, 1.807) is 25.7 Å². The highest BCUT2D eigenvalue weighted by molar-refractivity contribution is 7.87. The predicted octanol–water partition coefficient (Wildman–Crippen LogP) is 2.39. The highest BCUT2D eigenvalue weighted by atomic mass is 32.2. The third-order valence-electron chi connectivity index (χ3n) is 4.59. The Balaban J connectivity index is 1.78. The average Bonchev–Trinajstić information content (AvgIpc) is 3.13. The Morgan fingerprint density at radius 3 is 2.44 bits per heavy atom. The normalized spacial score (nSPS) is 23.0. The summed E-state index contributed by atoms with van der Waals surface area (Å²) in [5.41, 5.74) is -6.12. The number of carbonyl (C=O) groups excluding carboxylic acids is 1. The SMILES string of the molecule is CC(C)(C)OC(=O)N1CC[C@]2(CCn3nc(OS(=O)(=O)C(F)(F)F)cc32)C1. The van der Waals surface area contributed by atoms with Crippen LogP contribution < -0.4 is 4.18 Å². The van der Waals surface area contributed by atoms with Crippen molar-refractivity contribution in [3.05, 3.63) is 11.8 Å². The molecule has 0 saturated carbocycles. The van der Waals surface area contributed by atoms with Gasteiger partial charge in [-0.2, -0.15) is 21.6 Å². The number of alkyl halides is 3. The number of ether oxygens (including phenoxy) is 1. The quantitative estimate of drug-likeness (QED) is 0.548. The molecule has 3 rings (SSSR count). The van der Waals surface area contributed by atoms with E-state index in [2.05, 4.69) is 9.28 Å². The highest BCUT2D eigenvalue weighted by Crippen LogP contribution is 2.44.